The van der Waals surface area contributed by atoms with E-state index in [-0.39, 0.29) is 18.4 Å². The number of methoxy groups -OCH3 is 1. The van der Waals surface area contributed by atoms with Crippen molar-refractivity contribution in [1.29, 1.82) is 0 Å². The minimum atomic E-state index is -0.504. The van der Waals surface area contributed by atoms with Crippen molar-refractivity contribution in [3.8, 4) is 0 Å². The molecule has 0 unspecified atom stereocenters. The van der Waals surface area contributed by atoms with Gasteiger partial charge in [0.1, 0.15) is 5.54 Å². The first-order valence-corrected chi connectivity index (χ1v) is 5.64. The zero-order valence-corrected chi connectivity index (χ0v) is 10.8. The van der Waals surface area contributed by atoms with Crippen LogP contribution < -0.4 is 5.32 Å². The molecular weight excluding hydrogens is 238 g/mol. The van der Waals surface area contributed by atoms with Crippen LogP contribution in [0.25, 0.3) is 0 Å². The third-order valence-electron chi connectivity index (χ3n) is 3.17. The molecule has 1 saturated heterocycles. The van der Waals surface area contributed by atoms with E-state index in [1.54, 1.807) is 0 Å². The Morgan fingerprint density at radius 1 is 1.41 bits per heavy atom. The number of nitrogens with one attached hydrogen (secondary N) is 1. The fourth-order valence-corrected chi connectivity index (χ4v) is 2.34. The number of carbonyl (C=O) groups excluding carboxylic acids is 1. The van der Waals surface area contributed by atoms with Gasteiger partial charge >= 0.3 is 5.97 Å². The van der Waals surface area contributed by atoms with Gasteiger partial charge in [-0.05, 0) is 24.9 Å². The average Bonchev–Trinajstić information content (AvgIpc) is 2.79. The zero-order chi connectivity index (χ0) is 11.4. The standard InChI is InChI=1S/C13H17NO2.ClH/c1-16-12(15)13(8-5-9-14-13)10-11-6-3-2-4-7-11;/h2-4,6-7,14H,5,8-10H2,1H3;1H/t13-;/m1./s1. The lowest BCUT2D eigenvalue weighted by molar-refractivity contribution is -0.148. The molecular formula is C13H18ClNO2. The van der Waals surface area contributed by atoms with Gasteiger partial charge in [-0.2, -0.15) is 0 Å². The smallest absolute Gasteiger partial charge is 0.326 e. The third-order valence-corrected chi connectivity index (χ3v) is 3.17. The van der Waals surface area contributed by atoms with E-state index in [0.717, 1.165) is 19.4 Å². The first-order chi connectivity index (χ1) is 7.77. The number of ether oxygens (including phenoxy) is 1. The summed E-state index contributed by atoms with van der Waals surface area (Å²) in [5, 5.41) is 3.29. The molecule has 94 valence electrons. The van der Waals surface area contributed by atoms with Crippen molar-refractivity contribution in [2.45, 2.75) is 24.8 Å². The fraction of sp³-hybridized carbons (Fsp3) is 0.462. The van der Waals surface area contributed by atoms with Gasteiger partial charge in [-0.25, -0.2) is 0 Å². The maximum Gasteiger partial charge on any atom is 0.326 e. The molecule has 1 N–H and O–H groups in total. The van der Waals surface area contributed by atoms with E-state index in [1.807, 2.05) is 30.3 Å². The zero-order valence-electron chi connectivity index (χ0n) is 9.94. The van der Waals surface area contributed by atoms with Crippen molar-refractivity contribution < 1.29 is 9.53 Å². The van der Waals surface area contributed by atoms with Gasteiger partial charge in [0.25, 0.3) is 0 Å². The Morgan fingerprint density at radius 2 is 2.12 bits per heavy atom. The number of hydrogen-bond acceptors (Lipinski definition) is 3. The Morgan fingerprint density at radius 3 is 2.65 bits per heavy atom. The Kier molecular flexibility index (Phi) is 4.97. The fourth-order valence-electron chi connectivity index (χ4n) is 2.34. The maximum absolute atomic E-state index is 11.9. The number of benzene rings is 1. The predicted molar refractivity (Wildman–Crippen MR) is 69.4 cm³/mol. The normalized spacial score (nSPS) is 22.9. The number of rotatable bonds is 3. The Labute approximate surface area is 108 Å². The van der Waals surface area contributed by atoms with Crippen molar-refractivity contribution in [3.63, 3.8) is 0 Å². The lowest BCUT2D eigenvalue weighted by atomic mass is 9.89. The first kappa shape index (κ1) is 14.0. The lowest BCUT2D eigenvalue weighted by Crippen LogP contribution is -2.50. The van der Waals surface area contributed by atoms with Gasteiger partial charge in [0.15, 0.2) is 0 Å². The SMILES string of the molecule is COC(=O)[C@]1(Cc2ccccc2)CCCN1.Cl. The molecule has 3 nitrogen and oxygen atoms in total. The Balaban J connectivity index is 0.00000144. The highest BCUT2D eigenvalue weighted by molar-refractivity contribution is 5.85. The molecule has 0 aromatic heterocycles. The Hall–Kier alpha value is -1.06. The first-order valence-electron chi connectivity index (χ1n) is 5.64. The predicted octanol–water partition coefficient (Wildman–Crippen LogP) is 1.95. The quantitative estimate of drug-likeness (QED) is 0.839. The molecule has 0 amide bonds. The summed E-state index contributed by atoms with van der Waals surface area (Å²) in [6.07, 6.45) is 2.59. The van der Waals surface area contributed by atoms with Crippen LogP contribution in [0.3, 0.4) is 0 Å². The van der Waals surface area contributed by atoms with Crippen LogP contribution in [0, 0.1) is 0 Å². The average molecular weight is 256 g/mol. The van der Waals surface area contributed by atoms with E-state index in [2.05, 4.69) is 5.32 Å². The molecule has 1 aromatic rings. The molecule has 0 radical (unpaired) electrons. The van der Waals surface area contributed by atoms with Crippen molar-refractivity contribution >= 4 is 18.4 Å². The maximum atomic E-state index is 11.9. The number of halogens is 1. The Bertz CT molecular complexity index is 361. The second kappa shape index (κ2) is 6.03. The highest BCUT2D eigenvalue weighted by Crippen LogP contribution is 2.25. The molecule has 1 aliphatic rings. The van der Waals surface area contributed by atoms with Crippen LogP contribution in [0.4, 0.5) is 0 Å². The second-order valence-electron chi connectivity index (χ2n) is 4.27. The van der Waals surface area contributed by atoms with Gasteiger partial charge in [0.05, 0.1) is 7.11 Å². The summed E-state index contributed by atoms with van der Waals surface area (Å²) in [6.45, 7) is 0.891. The van der Waals surface area contributed by atoms with Crippen LogP contribution in [0.1, 0.15) is 18.4 Å². The summed E-state index contributed by atoms with van der Waals surface area (Å²) in [7, 11) is 1.45. The molecule has 0 bridgehead atoms. The van der Waals surface area contributed by atoms with Crippen LogP contribution in [0.5, 0.6) is 0 Å². The number of carbonyl (C=O) groups is 1. The van der Waals surface area contributed by atoms with Gasteiger partial charge < -0.3 is 10.1 Å². The molecule has 17 heavy (non-hydrogen) atoms. The highest BCUT2D eigenvalue weighted by atomic mass is 35.5. The summed E-state index contributed by atoms with van der Waals surface area (Å²) in [6, 6.07) is 10.1. The molecule has 1 aromatic carbocycles. The monoisotopic (exact) mass is 255 g/mol. The second-order valence-corrected chi connectivity index (χ2v) is 4.27. The molecule has 1 heterocycles. The lowest BCUT2D eigenvalue weighted by Gasteiger charge is -2.26. The molecule has 0 spiro atoms. The van der Waals surface area contributed by atoms with Crippen molar-refractivity contribution in [1.82, 2.24) is 5.32 Å². The molecule has 2 rings (SSSR count). The summed E-state index contributed by atoms with van der Waals surface area (Å²) in [4.78, 5) is 11.9. The van der Waals surface area contributed by atoms with E-state index in [1.165, 1.54) is 12.7 Å². The molecule has 1 fully saturated rings. The number of hydrogen-bond donors (Lipinski definition) is 1. The minimum Gasteiger partial charge on any atom is -0.468 e. The van der Waals surface area contributed by atoms with Crippen molar-refractivity contribution in [3.05, 3.63) is 35.9 Å². The summed E-state index contributed by atoms with van der Waals surface area (Å²) >= 11 is 0. The van der Waals surface area contributed by atoms with Crippen LogP contribution in [-0.2, 0) is 16.0 Å². The van der Waals surface area contributed by atoms with Gasteiger partial charge in [-0.1, -0.05) is 30.3 Å². The highest BCUT2D eigenvalue weighted by Gasteiger charge is 2.41. The third kappa shape index (κ3) is 2.99. The van der Waals surface area contributed by atoms with E-state index in [9.17, 15) is 4.79 Å². The van der Waals surface area contributed by atoms with E-state index in [0.29, 0.717) is 6.42 Å². The van der Waals surface area contributed by atoms with E-state index < -0.39 is 5.54 Å². The van der Waals surface area contributed by atoms with Gasteiger partial charge in [0, 0.05) is 6.42 Å². The van der Waals surface area contributed by atoms with Crippen LogP contribution in [0.2, 0.25) is 0 Å². The van der Waals surface area contributed by atoms with Gasteiger partial charge in [0.2, 0.25) is 0 Å². The summed E-state index contributed by atoms with van der Waals surface area (Å²) < 4.78 is 4.91. The van der Waals surface area contributed by atoms with Gasteiger partial charge in [-0.15, -0.1) is 12.4 Å². The summed E-state index contributed by atoms with van der Waals surface area (Å²) in [5.41, 5.74) is 0.665. The van der Waals surface area contributed by atoms with E-state index >= 15 is 0 Å². The van der Waals surface area contributed by atoms with E-state index in [4.69, 9.17) is 4.74 Å². The topological polar surface area (TPSA) is 38.3 Å². The molecule has 1 atom stereocenters. The van der Waals surface area contributed by atoms with Gasteiger partial charge in [-0.3, -0.25) is 4.79 Å². The van der Waals surface area contributed by atoms with Crippen molar-refractivity contribution in [2.75, 3.05) is 13.7 Å². The number of esters is 1. The molecule has 4 heteroatoms. The molecule has 1 aliphatic heterocycles. The van der Waals surface area contributed by atoms with Crippen LogP contribution in [-0.4, -0.2) is 25.2 Å². The molecule has 0 aliphatic carbocycles. The molecule has 0 saturated carbocycles. The minimum absolute atomic E-state index is 0. The van der Waals surface area contributed by atoms with Crippen LogP contribution in [0.15, 0.2) is 30.3 Å². The summed E-state index contributed by atoms with van der Waals surface area (Å²) in [5.74, 6) is -0.145. The largest absolute Gasteiger partial charge is 0.468 e. The van der Waals surface area contributed by atoms with Crippen molar-refractivity contribution in [2.24, 2.45) is 0 Å². The van der Waals surface area contributed by atoms with Crippen LogP contribution >= 0.6 is 12.4 Å².